The molecule has 2 aromatic heterocycles. The van der Waals surface area contributed by atoms with Crippen LogP contribution in [0.1, 0.15) is 18.2 Å². The molecule has 0 saturated carbocycles. The van der Waals surface area contributed by atoms with Crippen LogP contribution in [0.4, 0.5) is 0 Å². The second-order valence-corrected chi connectivity index (χ2v) is 5.06. The highest BCUT2D eigenvalue weighted by Crippen LogP contribution is 2.27. The fourth-order valence-electron chi connectivity index (χ4n) is 1.89. The summed E-state index contributed by atoms with van der Waals surface area (Å²) in [5.41, 5.74) is 8.73. The van der Waals surface area contributed by atoms with Crippen LogP contribution in [0.2, 0.25) is 0 Å². The summed E-state index contributed by atoms with van der Waals surface area (Å²) in [4.78, 5) is 16.4. The third kappa shape index (κ3) is 1.91. The summed E-state index contributed by atoms with van der Waals surface area (Å²) in [6.07, 6.45) is 5.87. The fourth-order valence-corrected chi connectivity index (χ4v) is 2.86. The monoisotopic (exact) mass is 260 g/mol. The number of rotatable bonds is 2. The first-order valence-electron chi connectivity index (χ1n) is 5.56. The number of thiophene rings is 1. The molecule has 0 bridgehead atoms. The number of carbonyl (C=O) groups is 1. The van der Waals surface area contributed by atoms with Crippen molar-refractivity contribution in [2.75, 3.05) is 0 Å². The zero-order valence-corrected chi connectivity index (χ0v) is 10.6. The van der Waals surface area contributed by atoms with Gasteiger partial charge in [0.25, 0.3) is 0 Å². The number of carbonyl (C=O) groups excluding carboxylic acids is 1. The lowest BCUT2D eigenvalue weighted by molar-refractivity contribution is -0.121. The second kappa shape index (κ2) is 4.30. The first kappa shape index (κ1) is 11.0. The van der Waals surface area contributed by atoms with Crippen LogP contribution in [0.3, 0.4) is 0 Å². The largest absolute Gasteiger partial charge is 0.305 e. The van der Waals surface area contributed by atoms with E-state index in [1.165, 1.54) is 0 Å². The predicted molar refractivity (Wildman–Crippen MR) is 69.9 cm³/mol. The van der Waals surface area contributed by atoms with Crippen LogP contribution in [0.15, 0.2) is 35.7 Å². The van der Waals surface area contributed by atoms with Crippen molar-refractivity contribution in [3.8, 4) is 5.69 Å². The number of nitrogens with zero attached hydrogens (tertiary/aromatic N) is 2. The molecule has 0 aliphatic carbocycles. The van der Waals surface area contributed by atoms with Crippen LogP contribution in [0.25, 0.3) is 11.4 Å². The van der Waals surface area contributed by atoms with Crippen LogP contribution >= 0.6 is 11.3 Å². The maximum atomic E-state index is 11.2. The van der Waals surface area contributed by atoms with E-state index in [0.29, 0.717) is 6.42 Å². The molecule has 3 rings (SSSR count). The molecule has 5 nitrogen and oxygen atoms in total. The van der Waals surface area contributed by atoms with Gasteiger partial charge in [-0.25, -0.2) is 4.98 Å². The summed E-state index contributed by atoms with van der Waals surface area (Å²) in [5.74, 6) is 0.00244. The Morgan fingerprint density at radius 1 is 1.44 bits per heavy atom. The Hall–Kier alpha value is -2.08. The Balaban J connectivity index is 1.94. The molecule has 1 aliphatic rings. The van der Waals surface area contributed by atoms with Crippen LogP contribution in [-0.4, -0.2) is 15.5 Å². The Kier molecular flexibility index (Phi) is 2.64. The van der Waals surface area contributed by atoms with Gasteiger partial charge in [-0.3, -0.25) is 15.6 Å². The quantitative estimate of drug-likeness (QED) is 0.864. The lowest BCUT2D eigenvalue weighted by Gasteiger charge is -2.19. The Bertz CT molecular complexity index is 612. The normalized spacial score (nSPS) is 15.5. The van der Waals surface area contributed by atoms with Gasteiger partial charge in [0.15, 0.2) is 0 Å². The molecule has 1 amide bonds. The molecule has 0 spiro atoms. The van der Waals surface area contributed by atoms with Crippen LogP contribution in [0, 0.1) is 0 Å². The van der Waals surface area contributed by atoms with Crippen LogP contribution in [0.5, 0.6) is 0 Å². The highest BCUT2D eigenvalue weighted by Gasteiger charge is 2.17. The van der Waals surface area contributed by atoms with Gasteiger partial charge in [-0.2, -0.15) is 0 Å². The van der Waals surface area contributed by atoms with Gasteiger partial charge in [-0.15, -0.1) is 11.3 Å². The van der Waals surface area contributed by atoms with E-state index >= 15 is 0 Å². The minimum absolute atomic E-state index is 0.00244. The van der Waals surface area contributed by atoms with E-state index in [-0.39, 0.29) is 5.91 Å². The molecule has 18 heavy (non-hydrogen) atoms. The van der Waals surface area contributed by atoms with Crippen molar-refractivity contribution in [3.05, 3.63) is 40.6 Å². The van der Waals surface area contributed by atoms with E-state index < -0.39 is 0 Å². The van der Waals surface area contributed by atoms with E-state index in [0.717, 1.165) is 21.8 Å². The number of hydrogen-bond acceptors (Lipinski definition) is 4. The molecule has 6 heteroatoms. The van der Waals surface area contributed by atoms with Gasteiger partial charge in [-0.05, 0) is 18.6 Å². The molecule has 3 heterocycles. The Labute approximate surface area is 108 Å². The van der Waals surface area contributed by atoms with Gasteiger partial charge in [0, 0.05) is 17.8 Å². The van der Waals surface area contributed by atoms with Crippen molar-refractivity contribution in [2.45, 2.75) is 13.3 Å². The van der Waals surface area contributed by atoms with E-state index in [9.17, 15) is 4.79 Å². The molecule has 0 aromatic carbocycles. The molecular weight excluding hydrogens is 248 g/mol. The Morgan fingerprint density at radius 3 is 3.06 bits per heavy atom. The summed E-state index contributed by atoms with van der Waals surface area (Å²) < 4.78 is 1.96. The smallest absolute Gasteiger partial charge is 0.242 e. The SMILES string of the molecule is CC1=C(c2cc(-n3ccnc3)cs2)NNC(=O)C1. The summed E-state index contributed by atoms with van der Waals surface area (Å²) >= 11 is 1.64. The summed E-state index contributed by atoms with van der Waals surface area (Å²) in [6.45, 7) is 1.97. The number of hydrogen-bond donors (Lipinski definition) is 2. The summed E-state index contributed by atoms with van der Waals surface area (Å²) in [5, 5.41) is 2.06. The van der Waals surface area contributed by atoms with E-state index in [2.05, 4.69) is 27.3 Å². The van der Waals surface area contributed by atoms with E-state index in [1.54, 1.807) is 23.9 Å². The van der Waals surface area contributed by atoms with Gasteiger partial charge in [0.2, 0.25) is 5.91 Å². The zero-order valence-electron chi connectivity index (χ0n) is 9.80. The van der Waals surface area contributed by atoms with Gasteiger partial charge >= 0.3 is 0 Å². The van der Waals surface area contributed by atoms with Crippen molar-refractivity contribution in [1.82, 2.24) is 20.4 Å². The third-order valence-corrected chi connectivity index (χ3v) is 3.75. The van der Waals surface area contributed by atoms with E-state index in [4.69, 9.17) is 0 Å². The first-order valence-corrected chi connectivity index (χ1v) is 6.44. The maximum absolute atomic E-state index is 11.2. The number of imidazole rings is 1. The van der Waals surface area contributed by atoms with Crippen molar-refractivity contribution >= 4 is 22.9 Å². The average Bonchev–Trinajstić information content (AvgIpc) is 2.99. The highest BCUT2D eigenvalue weighted by atomic mass is 32.1. The molecule has 2 N–H and O–H groups in total. The van der Waals surface area contributed by atoms with Gasteiger partial charge < -0.3 is 4.57 Å². The highest BCUT2D eigenvalue weighted by molar-refractivity contribution is 7.11. The first-order chi connectivity index (χ1) is 8.74. The maximum Gasteiger partial charge on any atom is 0.242 e. The Morgan fingerprint density at radius 2 is 2.33 bits per heavy atom. The lowest BCUT2D eigenvalue weighted by Crippen LogP contribution is -2.40. The number of hydrazine groups is 1. The zero-order chi connectivity index (χ0) is 12.5. The van der Waals surface area contributed by atoms with Crippen LogP contribution < -0.4 is 10.9 Å². The standard InChI is InChI=1S/C12H12N4OS/c1-8-4-11(17)14-15-12(8)10-5-9(6-18-10)16-3-2-13-7-16/h2-3,5-7,15H,4H2,1H3,(H,14,17). The predicted octanol–water partition coefficient (Wildman–Crippen LogP) is 1.69. The lowest BCUT2D eigenvalue weighted by atomic mass is 10.1. The molecule has 2 aromatic rings. The van der Waals surface area contributed by atoms with E-state index in [1.807, 2.05) is 17.7 Å². The second-order valence-electron chi connectivity index (χ2n) is 4.14. The van der Waals surface area contributed by atoms with Crippen molar-refractivity contribution < 1.29 is 4.79 Å². The molecule has 0 unspecified atom stereocenters. The van der Waals surface area contributed by atoms with Crippen LogP contribution in [-0.2, 0) is 4.79 Å². The topological polar surface area (TPSA) is 59.0 Å². The molecule has 0 saturated heterocycles. The third-order valence-electron chi connectivity index (χ3n) is 2.81. The van der Waals surface area contributed by atoms with Crippen molar-refractivity contribution in [2.24, 2.45) is 0 Å². The fraction of sp³-hybridized carbons (Fsp3) is 0.167. The van der Waals surface area contributed by atoms with Gasteiger partial charge in [0.1, 0.15) is 0 Å². The van der Waals surface area contributed by atoms with Crippen molar-refractivity contribution in [1.29, 1.82) is 0 Å². The molecular formula is C12H12N4OS. The molecule has 0 fully saturated rings. The van der Waals surface area contributed by atoms with Gasteiger partial charge in [0.05, 0.1) is 29.0 Å². The van der Waals surface area contributed by atoms with Crippen molar-refractivity contribution in [3.63, 3.8) is 0 Å². The molecule has 0 radical (unpaired) electrons. The molecule has 1 aliphatic heterocycles. The number of amides is 1. The van der Waals surface area contributed by atoms with Gasteiger partial charge in [-0.1, -0.05) is 0 Å². The number of aromatic nitrogens is 2. The summed E-state index contributed by atoms with van der Waals surface area (Å²) in [6, 6.07) is 2.08. The number of nitrogens with one attached hydrogen (secondary N) is 2. The average molecular weight is 260 g/mol. The minimum atomic E-state index is 0.00244. The molecule has 92 valence electrons. The minimum Gasteiger partial charge on any atom is -0.305 e. The summed E-state index contributed by atoms with van der Waals surface area (Å²) in [7, 11) is 0. The molecule has 0 atom stereocenters.